The highest BCUT2D eigenvalue weighted by Crippen LogP contribution is 2.34. The van der Waals surface area contributed by atoms with Crippen molar-refractivity contribution in [3.8, 4) is 0 Å². The zero-order valence-corrected chi connectivity index (χ0v) is 13.7. The van der Waals surface area contributed by atoms with Gasteiger partial charge >= 0.3 is 5.97 Å². The molecule has 1 aliphatic carbocycles. The lowest BCUT2D eigenvalue weighted by molar-refractivity contribution is -0.154. The van der Waals surface area contributed by atoms with Crippen molar-refractivity contribution >= 4 is 17.6 Å². The molecule has 0 aromatic heterocycles. The summed E-state index contributed by atoms with van der Waals surface area (Å²) in [6.07, 6.45) is 5.84. The molecule has 2 N–H and O–H groups in total. The Balaban J connectivity index is 2.04. The van der Waals surface area contributed by atoms with Gasteiger partial charge in [-0.05, 0) is 57.5 Å². The Bertz CT molecular complexity index is 593. The lowest BCUT2D eigenvalue weighted by atomic mass is 9.76. The van der Waals surface area contributed by atoms with E-state index in [-0.39, 0.29) is 6.42 Å². The van der Waals surface area contributed by atoms with Crippen LogP contribution in [0.1, 0.15) is 24.8 Å². The molecule has 0 saturated carbocycles. The van der Waals surface area contributed by atoms with Crippen LogP contribution in [0.25, 0.3) is 0 Å². The number of aliphatic carboxylic acids is 1. The molecule has 0 bridgehead atoms. The fourth-order valence-corrected chi connectivity index (χ4v) is 2.69. The molecule has 1 aromatic rings. The lowest BCUT2D eigenvalue weighted by Gasteiger charge is -2.29. The molecule has 2 rings (SSSR count). The van der Waals surface area contributed by atoms with Gasteiger partial charge in [0.25, 0.3) is 0 Å². The molecule has 0 fully saturated rings. The SMILES string of the molecule is CN(C)CCc1ccc(NC(=O)C2(C(=O)O)CC=CCC2)cc1. The van der Waals surface area contributed by atoms with Crippen LogP contribution in [0.5, 0.6) is 0 Å². The second-order valence-corrected chi connectivity index (χ2v) is 6.31. The van der Waals surface area contributed by atoms with Gasteiger partial charge in [-0.3, -0.25) is 9.59 Å². The fraction of sp³-hybridized carbons (Fsp3) is 0.444. The first kappa shape index (κ1) is 17.2. The highest BCUT2D eigenvalue weighted by Gasteiger charge is 2.45. The Labute approximate surface area is 137 Å². The molecule has 1 aromatic carbocycles. The molecule has 0 heterocycles. The number of nitrogens with zero attached hydrogens (tertiary/aromatic N) is 1. The van der Waals surface area contributed by atoms with Crippen LogP contribution >= 0.6 is 0 Å². The van der Waals surface area contributed by atoms with Gasteiger partial charge in [0.1, 0.15) is 5.41 Å². The third-order valence-corrected chi connectivity index (χ3v) is 4.27. The second kappa shape index (κ2) is 7.42. The largest absolute Gasteiger partial charge is 0.480 e. The number of anilines is 1. The predicted molar refractivity (Wildman–Crippen MR) is 90.4 cm³/mol. The number of hydrogen-bond acceptors (Lipinski definition) is 3. The van der Waals surface area contributed by atoms with Gasteiger partial charge in [0, 0.05) is 12.2 Å². The molecule has 1 unspecified atom stereocenters. The number of rotatable bonds is 6. The number of carbonyl (C=O) groups is 2. The molecule has 0 radical (unpaired) electrons. The lowest BCUT2D eigenvalue weighted by Crippen LogP contribution is -2.43. The monoisotopic (exact) mass is 316 g/mol. The molecule has 0 spiro atoms. The van der Waals surface area contributed by atoms with E-state index in [0.29, 0.717) is 18.5 Å². The second-order valence-electron chi connectivity index (χ2n) is 6.31. The summed E-state index contributed by atoms with van der Waals surface area (Å²) in [5.74, 6) is -1.49. The minimum absolute atomic E-state index is 0.245. The van der Waals surface area contributed by atoms with E-state index in [1.54, 1.807) is 6.08 Å². The van der Waals surface area contributed by atoms with Gasteiger partial charge in [-0.2, -0.15) is 0 Å². The molecule has 23 heavy (non-hydrogen) atoms. The Hall–Kier alpha value is -2.14. The van der Waals surface area contributed by atoms with Crippen LogP contribution in [-0.2, 0) is 16.0 Å². The summed E-state index contributed by atoms with van der Waals surface area (Å²) in [6.45, 7) is 0.958. The van der Waals surface area contributed by atoms with Crippen molar-refractivity contribution in [2.24, 2.45) is 5.41 Å². The molecule has 1 aliphatic rings. The number of likely N-dealkylation sites (N-methyl/N-ethyl adjacent to an activating group) is 1. The molecular weight excluding hydrogens is 292 g/mol. The summed E-state index contributed by atoms with van der Waals surface area (Å²) in [5.41, 5.74) is 0.474. The molecule has 124 valence electrons. The first-order chi connectivity index (χ1) is 10.9. The number of nitrogens with one attached hydrogen (secondary N) is 1. The summed E-state index contributed by atoms with van der Waals surface area (Å²) in [7, 11) is 4.05. The Morgan fingerprint density at radius 1 is 1.22 bits per heavy atom. The third kappa shape index (κ3) is 4.20. The predicted octanol–water partition coefficient (Wildman–Crippen LogP) is 2.54. The molecule has 5 nitrogen and oxygen atoms in total. The van der Waals surface area contributed by atoms with Gasteiger partial charge in [0.15, 0.2) is 0 Å². The molecule has 5 heteroatoms. The quantitative estimate of drug-likeness (QED) is 0.625. The number of carbonyl (C=O) groups excluding carboxylic acids is 1. The van der Waals surface area contributed by atoms with Crippen LogP contribution in [0.15, 0.2) is 36.4 Å². The van der Waals surface area contributed by atoms with Crippen molar-refractivity contribution in [1.29, 1.82) is 0 Å². The topological polar surface area (TPSA) is 69.6 Å². The summed E-state index contributed by atoms with van der Waals surface area (Å²) < 4.78 is 0. The van der Waals surface area contributed by atoms with Gasteiger partial charge in [0.2, 0.25) is 5.91 Å². The smallest absolute Gasteiger partial charge is 0.319 e. The maximum absolute atomic E-state index is 12.5. The first-order valence-corrected chi connectivity index (χ1v) is 7.87. The zero-order chi connectivity index (χ0) is 16.9. The van der Waals surface area contributed by atoms with E-state index >= 15 is 0 Å². The molecule has 1 atom stereocenters. The minimum atomic E-state index is -1.35. The zero-order valence-electron chi connectivity index (χ0n) is 13.7. The summed E-state index contributed by atoms with van der Waals surface area (Å²) in [6, 6.07) is 7.59. The van der Waals surface area contributed by atoms with Gasteiger partial charge < -0.3 is 15.3 Å². The van der Waals surface area contributed by atoms with Gasteiger partial charge in [-0.25, -0.2) is 0 Å². The Morgan fingerprint density at radius 2 is 1.91 bits per heavy atom. The standard InChI is InChI=1S/C18H24N2O3/c1-20(2)13-10-14-6-8-15(9-7-14)19-16(21)18(17(22)23)11-4-3-5-12-18/h3-4,6-9H,5,10-13H2,1-2H3,(H,19,21)(H,22,23). The maximum atomic E-state index is 12.5. The summed E-state index contributed by atoms with van der Waals surface area (Å²) >= 11 is 0. The van der Waals surface area contributed by atoms with E-state index < -0.39 is 17.3 Å². The average molecular weight is 316 g/mol. The van der Waals surface area contributed by atoms with E-state index in [0.717, 1.165) is 13.0 Å². The molecular formula is C18H24N2O3. The van der Waals surface area contributed by atoms with Crippen LogP contribution in [-0.4, -0.2) is 42.5 Å². The minimum Gasteiger partial charge on any atom is -0.480 e. The van der Waals surface area contributed by atoms with E-state index in [1.807, 2.05) is 44.4 Å². The van der Waals surface area contributed by atoms with Crippen LogP contribution in [0.4, 0.5) is 5.69 Å². The number of hydrogen-bond donors (Lipinski definition) is 2. The first-order valence-electron chi connectivity index (χ1n) is 7.87. The molecule has 1 amide bonds. The van der Waals surface area contributed by atoms with E-state index in [2.05, 4.69) is 10.2 Å². The summed E-state index contributed by atoms with van der Waals surface area (Å²) in [4.78, 5) is 26.2. The normalized spacial score (nSPS) is 20.5. The van der Waals surface area contributed by atoms with Crippen molar-refractivity contribution in [3.63, 3.8) is 0 Å². The van der Waals surface area contributed by atoms with Crippen LogP contribution in [0.3, 0.4) is 0 Å². The summed E-state index contributed by atoms with van der Waals surface area (Å²) in [5, 5.41) is 12.3. The van der Waals surface area contributed by atoms with E-state index in [1.165, 1.54) is 5.56 Å². The van der Waals surface area contributed by atoms with Gasteiger partial charge in [0.05, 0.1) is 0 Å². The van der Waals surface area contributed by atoms with Crippen molar-refractivity contribution < 1.29 is 14.7 Å². The van der Waals surface area contributed by atoms with E-state index in [4.69, 9.17) is 0 Å². The maximum Gasteiger partial charge on any atom is 0.319 e. The van der Waals surface area contributed by atoms with Crippen molar-refractivity contribution in [1.82, 2.24) is 4.90 Å². The van der Waals surface area contributed by atoms with Crippen LogP contribution < -0.4 is 5.32 Å². The van der Waals surface area contributed by atoms with Crippen LogP contribution in [0, 0.1) is 5.41 Å². The Morgan fingerprint density at radius 3 is 2.43 bits per heavy atom. The fourth-order valence-electron chi connectivity index (χ4n) is 2.69. The number of carboxylic acid groups (broad SMARTS) is 1. The highest BCUT2D eigenvalue weighted by molar-refractivity contribution is 6.08. The third-order valence-electron chi connectivity index (χ3n) is 4.27. The Kier molecular flexibility index (Phi) is 5.55. The molecule has 0 aliphatic heterocycles. The van der Waals surface area contributed by atoms with Crippen LogP contribution in [0.2, 0.25) is 0 Å². The number of amides is 1. The van der Waals surface area contributed by atoms with Crippen molar-refractivity contribution in [2.75, 3.05) is 26.0 Å². The number of allylic oxidation sites excluding steroid dienone is 2. The average Bonchev–Trinajstić information content (AvgIpc) is 2.54. The van der Waals surface area contributed by atoms with Crippen molar-refractivity contribution in [3.05, 3.63) is 42.0 Å². The number of carboxylic acids is 1. The number of benzene rings is 1. The molecule has 0 saturated heterocycles. The highest BCUT2D eigenvalue weighted by atomic mass is 16.4. The van der Waals surface area contributed by atoms with E-state index in [9.17, 15) is 14.7 Å². The van der Waals surface area contributed by atoms with Gasteiger partial charge in [-0.1, -0.05) is 24.3 Å². The van der Waals surface area contributed by atoms with Gasteiger partial charge in [-0.15, -0.1) is 0 Å². The van der Waals surface area contributed by atoms with Crippen molar-refractivity contribution in [2.45, 2.75) is 25.7 Å².